The van der Waals surface area contributed by atoms with E-state index in [1.54, 1.807) is 21.3 Å². The summed E-state index contributed by atoms with van der Waals surface area (Å²) in [5.74, 6) is 2.42. The van der Waals surface area contributed by atoms with E-state index < -0.39 is 0 Å². The Hall–Kier alpha value is -4.26. The molecule has 37 heavy (non-hydrogen) atoms. The fraction of sp³-hybridized carbons (Fsp3) is 0.267. The first-order chi connectivity index (χ1) is 18.0. The van der Waals surface area contributed by atoms with Crippen molar-refractivity contribution >= 4 is 11.7 Å². The van der Waals surface area contributed by atoms with Crippen LogP contribution in [0.1, 0.15) is 42.2 Å². The second kappa shape index (κ2) is 10.4. The minimum atomic E-state index is -0.323. The molecule has 2 aliphatic rings. The average Bonchev–Trinajstić information content (AvgIpc) is 2.92. The maximum atomic E-state index is 13.6. The molecule has 0 radical (unpaired) electrons. The number of methoxy groups -OCH3 is 3. The van der Waals surface area contributed by atoms with Gasteiger partial charge in [0.2, 0.25) is 11.7 Å². The first-order valence-corrected chi connectivity index (χ1v) is 12.2. The Bertz CT molecular complexity index is 1340. The zero-order chi connectivity index (χ0) is 25.9. The van der Waals surface area contributed by atoms with Gasteiger partial charge in [-0.05, 0) is 59.9 Å². The normalized spacial score (nSPS) is 19.1. The van der Waals surface area contributed by atoms with Crippen molar-refractivity contribution in [3.8, 4) is 28.7 Å². The van der Waals surface area contributed by atoms with Crippen molar-refractivity contribution in [2.45, 2.75) is 31.1 Å². The van der Waals surface area contributed by atoms with Crippen molar-refractivity contribution < 1.29 is 28.5 Å². The van der Waals surface area contributed by atoms with Gasteiger partial charge in [0, 0.05) is 30.0 Å². The summed E-state index contributed by atoms with van der Waals surface area (Å²) in [5.41, 5.74) is 3.14. The Labute approximate surface area is 216 Å². The number of carbonyl (C=O) groups excluding carboxylic acids is 2. The standard InChI is InChI=1S/C30H29NO6/c1-34-26-15-20(16-27(35-2)30(26)36-3)19-13-24-29(25(32)14-19)23(17-28(33)31-24)18-8-7-11-22(12-18)37-21-9-5-4-6-10-21/h4-12,15-16,19,23H,13-14,17H2,1-3H3,(H,31,33). The van der Waals surface area contributed by atoms with Crippen molar-refractivity contribution in [2.75, 3.05) is 21.3 Å². The fourth-order valence-corrected chi connectivity index (χ4v) is 5.24. The average molecular weight is 500 g/mol. The van der Waals surface area contributed by atoms with Crippen LogP contribution < -0.4 is 24.3 Å². The van der Waals surface area contributed by atoms with Crippen LogP contribution in [0.5, 0.6) is 28.7 Å². The van der Waals surface area contributed by atoms with Crippen LogP contribution in [0, 0.1) is 0 Å². The van der Waals surface area contributed by atoms with Crippen molar-refractivity contribution in [1.82, 2.24) is 5.32 Å². The molecule has 2 atom stereocenters. The van der Waals surface area contributed by atoms with E-state index in [4.69, 9.17) is 18.9 Å². The van der Waals surface area contributed by atoms with Crippen molar-refractivity contribution in [1.29, 1.82) is 0 Å². The summed E-state index contributed by atoms with van der Waals surface area (Å²) in [7, 11) is 4.68. The van der Waals surface area contributed by atoms with Crippen LogP contribution in [-0.2, 0) is 9.59 Å². The van der Waals surface area contributed by atoms with Gasteiger partial charge in [0.15, 0.2) is 17.3 Å². The predicted octanol–water partition coefficient (Wildman–Crippen LogP) is 5.51. The summed E-state index contributed by atoms with van der Waals surface area (Å²) in [5, 5.41) is 2.98. The van der Waals surface area contributed by atoms with Crippen LogP contribution in [0.4, 0.5) is 0 Å². The molecule has 1 aliphatic heterocycles. The molecule has 190 valence electrons. The molecule has 7 heteroatoms. The summed E-state index contributed by atoms with van der Waals surface area (Å²) < 4.78 is 22.5. The van der Waals surface area contributed by atoms with E-state index >= 15 is 0 Å². The van der Waals surface area contributed by atoms with Gasteiger partial charge >= 0.3 is 0 Å². The Morgan fingerprint density at radius 1 is 0.730 bits per heavy atom. The number of ether oxygens (including phenoxy) is 4. The smallest absolute Gasteiger partial charge is 0.225 e. The Kier molecular flexibility index (Phi) is 6.86. The fourth-order valence-electron chi connectivity index (χ4n) is 5.24. The molecule has 0 bridgehead atoms. The molecule has 1 N–H and O–H groups in total. The third-order valence-corrected chi connectivity index (χ3v) is 6.93. The van der Waals surface area contributed by atoms with Gasteiger partial charge in [0.1, 0.15) is 11.5 Å². The molecule has 1 aliphatic carbocycles. The Balaban J connectivity index is 1.47. The second-order valence-corrected chi connectivity index (χ2v) is 9.17. The summed E-state index contributed by atoms with van der Waals surface area (Å²) >= 11 is 0. The first-order valence-electron chi connectivity index (χ1n) is 12.2. The van der Waals surface area contributed by atoms with Crippen LogP contribution in [0.25, 0.3) is 0 Å². The number of allylic oxidation sites excluding steroid dienone is 2. The molecule has 5 rings (SSSR count). The van der Waals surface area contributed by atoms with E-state index in [1.165, 1.54) is 0 Å². The molecule has 3 aromatic carbocycles. The molecule has 3 aromatic rings. The molecule has 0 aromatic heterocycles. The molecular weight excluding hydrogens is 470 g/mol. The van der Waals surface area contributed by atoms with Gasteiger partial charge in [0.25, 0.3) is 0 Å². The molecule has 7 nitrogen and oxygen atoms in total. The van der Waals surface area contributed by atoms with E-state index in [-0.39, 0.29) is 29.9 Å². The number of rotatable bonds is 7. The monoisotopic (exact) mass is 499 g/mol. The lowest BCUT2D eigenvalue weighted by atomic mass is 9.73. The van der Waals surface area contributed by atoms with E-state index in [0.29, 0.717) is 47.1 Å². The molecule has 1 heterocycles. The third kappa shape index (κ3) is 4.89. The molecule has 0 saturated heterocycles. The largest absolute Gasteiger partial charge is 0.493 e. The van der Waals surface area contributed by atoms with Crippen LogP contribution in [0.2, 0.25) is 0 Å². The van der Waals surface area contributed by atoms with Crippen molar-refractivity contribution in [3.05, 3.63) is 89.1 Å². The van der Waals surface area contributed by atoms with Crippen molar-refractivity contribution in [2.24, 2.45) is 0 Å². The number of hydrogen-bond donors (Lipinski definition) is 1. The quantitative estimate of drug-likeness (QED) is 0.462. The summed E-state index contributed by atoms with van der Waals surface area (Å²) in [4.78, 5) is 26.4. The number of ketones is 1. The maximum absolute atomic E-state index is 13.6. The van der Waals surface area contributed by atoms with Gasteiger partial charge in [0.05, 0.1) is 21.3 Å². The predicted molar refractivity (Wildman–Crippen MR) is 139 cm³/mol. The summed E-state index contributed by atoms with van der Waals surface area (Å²) in [6.45, 7) is 0. The highest BCUT2D eigenvalue weighted by molar-refractivity contribution is 6.02. The Morgan fingerprint density at radius 2 is 1.43 bits per heavy atom. The van der Waals surface area contributed by atoms with Gasteiger partial charge in [-0.3, -0.25) is 9.59 Å². The van der Waals surface area contributed by atoms with Crippen LogP contribution in [0.15, 0.2) is 78.0 Å². The molecular formula is C30H29NO6. The van der Waals surface area contributed by atoms with Gasteiger partial charge in [-0.25, -0.2) is 0 Å². The van der Waals surface area contributed by atoms with E-state index in [9.17, 15) is 9.59 Å². The number of Topliss-reactive ketones (excluding diaryl/α,β-unsaturated/α-hetero) is 1. The topological polar surface area (TPSA) is 83.1 Å². The van der Waals surface area contributed by atoms with Gasteiger partial charge in [-0.15, -0.1) is 0 Å². The molecule has 2 unspecified atom stereocenters. The number of benzene rings is 3. The van der Waals surface area contributed by atoms with Gasteiger partial charge in [-0.2, -0.15) is 0 Å². The molecule has 1 amide bonds. The summed E-state index contributed by atoms with van der Waals surface area (Å²) in [6.07, 6.45) is 1.07. The summed E-state index contributed by atoms with van der Waals surface area (Å²) in [6, 6.07) is 20.9. The highest BCUT2D eigenvalue weighted by atomic mass is 16.5. The van der Waals surface area contributed by atoms with E-state index in [0.717, 1.165) is 16.9 Å². The van der Waals surface area contributed by atoms with Gasteiger partial charge < -0.3 is 24.3 Å². The lowest BCUT2D eigenvalue weighted by Gasteiger charge is -2.34. The van der Waals surface area contributed by atoms with E-state index in [2.05, 4.69) is 5.32 Å². The third-order valence-electron chi connectivity index (χ3n) is 6.93. The minimum Gasteiger partial charge on any atom is -0.493 e. The maximum Gasteiger partial charge on any atom is 0.225 e. The second-order valence-electron chi connectivity index (χ2n) is 9.17. The molecule has 0 spiro atoms. The number of amides is 1. The number of para-hydroxylation sites is 1. The highest BCUT2D eigenvalue weighted by Gasteiger charge is 2.38. The van der Waals surface area contributed by atoms with Crippen LogP contribution >= 0.6 is 0 Å². The SMILES string of the molecule is COc1cc(C2CC(=O)C3=C(C2)NC(=O)CC3c2cccc(Oc3ccccc3)c2)cc(OC)c1OC. The van der Waals surface area contributed by atoms with Gasteiger partial charge in [-0.1, -0.05) is 30.3 Å². The molecule has 0 fully saturated rings. The van der Waals surface area contributed by atoms with E-state index in [1.807, 2.05) is 66.7 Å². The highest BCUT2D eigenvalue weighted by Crippen LogP contribution is 2.46. The van der Waals surface area contributed by atoms with Crippen LogP contribution in [0.3, 0.4) is 0 Å². The van der Waals surface area contributed by atoms with Crippen LogP contribution in [-0.4, -0.2) is 33.0 Å². The Morgan fingerprint density at radius 3 is 2.11 bits per heavy atom. The zero-order valence-electron chi connectivity index (χ0n) is 21.1. The number of carbonyl (C=O) groups is 2. The minimum absolute atomic E-state index is 0.0272. The van der Waals surface area contributed by atoms with Crippen molar-refractivity contribution in [3.63, 3.8) is 0 Å². The lowest BCUT2D eigenvalue weighted by molar-refractivity contribution is -0.122. The number of hydrogen-bond acceptors (Lipinski definition) is 6. The zero-order valence-corrected chi connectivity index (χ0v) is 21.1. The first kappa shape index (κ1) is 24.4. The lowest BCUT2D eigenvalue weighted by Crippen LogP contribution is -2.38. The number of nitrogens with one attached hydrogen (secondary N) is 1. The molecule has 0 saturated carbocycles.